The minimum Gasteiger partial charge on any atom is -0.383 e. The maximum Gasteiger partial charge on any atom is 0.0669 e. The van der Waals surface area contributed by atoms with Crippen molar-refractivity contribution < 1.29 is 9.47 Å². The molecule has 1 aromatic carbocycles. The van der Waals surface area contributed by atoms with Crippen LogP contribution in [-0.4, -0.2) is 38.2 Å². The standard InChI is InChI=1S/C15H22ClNO2S/c1-11-14(6-8-19-11)20-15-5-3-4-13(16)12(15)10-17-7-9-18-2/h3-5,11,14,17H,6-10H2,1-2H3. The average Bonchev–Trinajstić information content (AvgIpc) is 2.83. The molecule has 0 spiro atoms. The van der Waals surface area contributed by atoms with E-state index in [2.05, 4.69) is 18.3 Å². The number of benzene rings is 1. The molecule has 0 aromatic heterocycles. The van der Waals surface area contributed by atoms with E-state index in [0.717, 1.165) is 31.1 Å². The lowest BCUT2D eigenvalue weighted by atomic mass is 10.2. The number of methoxy groups -OCH3 is 1. The molecule has 5 heteroatoms. The molecule has 1 fully saturated rings. The SMILES string of the molecule is COCCNCc1c(Cl)cccc1SC1CCOC1C. The Balaban J connectivity index is 2.01. The fourth-order valence-corrected chi connectivity index (χ4v) is 3.83. The normalized spacial score (nSPS) is 22.4. The highest BCUT2D eigenvalue weighted by molar-refractivity contribution is 8.00. The maximum absolute atomic E-state index is 6.35. The van der Waals surface area contributed by atoms with Gasteiger partial charge in [-0.15, -0.1) is 11.8 Å². The van der Waals surface area contributed by atoms with Gasteiger partial charge >= 0.3 is 0 Å². The highest BCUT2D eigenvalue weighted by Crippen LogP contribution is 2.36. The predicted octanol–water partition coefficient (Wildman–Crippen LogP) is 3.35. The summed E-state index contributed by atoms with van der Waals surface area (Å²) < 4.78 is 10.7. The second-order valence-electron chi connectivity index (χ2n) is 4.91. The predicted molar refractivity (Wildman–Crippen MR) is 84.7 cm³/mol. The molecule has 1 aromatic rings. The zero-order valence-corrected chi connectivity index (χ0v) is 13.6. The highest BCUT2D eigenvalue weighted by Gasteiger charge is 2.26. The molecular weight excluding hydrogens is 294 g/mol. The number of ether oxygens (including phenoxy) is 2. The van der Waals surface area contributed by atoms with Gasteiger partial charge in [-0.3, -0.25) is 0 Å². The van der Waals surface area contributed by atoms with E-state index >= 15 is 0 Å². The Morgan fingerprint density at radius 2 is 2.35 bits per heavy atom. The van der Waals surface area contributed by atoms with Crippen LogP contribution < -0.4 is 5.32 Å². The highest BCUT2D eigenvalue weighted by atomic mass is 35.5. The van der Waals surface area contributed by atoms with Gasteiger partial charge in [0.05, 0.1) is 12.7 Å². The van der Waals surface area contributed by atoms with Crippen LogP contribution in [0.4, 0.5) is 0 Å². The molecule has 0 amide bonds. The third kappa shape index (κ3) is 4.37. The number of rotatable bonds is 7. The lowest BCUT2D eigenvalue weighted by Crippen LogP contribution is -2.19. The first kappa shape index (κ1) is 16.1. The number of hydrogen-bond acceptors (Lipinski definition) is 4. The third-order valence-corrected chi connectivity index (χ3v) is 5.36. The first-order chi connectivity index (χ1) is 9.72. The Morgan fingerprint density at radius 3 is 3.05 bits per heavy atom. The van der Waals surface area contributed by atoms with Crippen molar-refractivity contribution in [2.75, 3.05) is 26.9 Å². The van der Waals surface area contributed by atoms with Crippen molar-refractivity contribution in [3.05, 3.63) is 28.8 Å². The van der Waals surface area contributed by atoms with E-state index in [4.69, 9.17) is 21.1 Å². The fourth-order valence-electron chi connectivity index (χ4n) is 2.24. The molecule has 2 unspecified atom stereocenters. The Labute approximate surface area is 130 Å². The van der Waals surface area contributed by atoms with E-state index in [1.54, 1.807) is 7.11 Å². The van der Waals surface area contributed by atoms with E-state index in [1.807, 2.05) is 23.9 Å². The van der Waals surface area contributed by atoms with Crippen molar-refractivity contribution in [1.29, 1.82) is 0 Å². The van der Waals surface area contributed by atoms with Crippen LogP contribution in [0.15, 0.2) is 23.1 Å². The van der Waals surface area contributed by atoms with Crippen molar-refractivity contribution in [3.8, 4) is 0 Å². The van der Waals surface area contributed by atoms with Crippen LogP contribution >= 0.6 is 23.4 Å². The Hall–Kier alpha value is -0.260. The monoisotopic (exact) mass is 315 g/mol. The fraction of sp³-hybridized carbons (Fsp3) is 0.600. The molecule has 1 N–H and O–H groups in total. The summed E-state index contributed by atoms with van der Waals surface area (Å²) in [7, 11) is 1.71. The van der Waals surface area contributed by atoms with E-state index in [-0.39, 0.29) is 0 Å². The summed E-state index contributed by atoms with van der Waals surface area (Å²) in [6.45, 7) is 5.31. The van der Waals surface area contributed by atoms with E-state index < -0.39 is 0 Å². The first-order valence-electron chi connectivity index (χ1n) is 6.97. The van der Waals surface area contributed by atoms with Crippen molar-refractivity contribution >= 4 is 23.4 Å². The third-order valence-electron chi connectivity index (χ3n) is 3.45. The van der Waals surface area contributed by atoms with Crippen molar-refractivity contribution in [3.63, 3.8) is 0 Å². The molecule has 1 aliphatic rings. The number of halogens is 1. The van der Waals surface area contributed by atoms with Gasteiger partial charge in [-0.05, 0) is 31.0 Å². The van der Waals surface area contributed by atoms with Gasteiger partial charge in [0.1, 0.15) is 0 Å². The summed E-state index contributed by atoms with van der Waals surface area (Å²) in [6.07, 6.45) is 1.42. The minimum absolute atomic E-state index is 0.313. The van der Waals surface area contributed by atoms with E-state index in [1.165, 1.54) is 10.5 Å². The summed E-state index contributed by atoms with van der Waals surface area (Å²) in [5.41, 5.74) is 1.18. The molecule has 3 nitrogen and oxygen atoms in total. The van der Waals surface area contributed by atoms with E-state index in [0.29, 0.717) is 18.0 Å². The summed E-state index contributed by atoms with van der Waals surface area (Å²) in [6, 6.07) is 6.12. The van der Waals surface area contributed by atoms with Crippen LogP contribution in [0.2, 0.25) is 5.02 Å². The number of thioether (sulfide) groups is 1. The first-order valence-corrected chi connectivity index (χ1v) is 8.23. The molecule has 2 rings (SSSR count). The van der Waals surface area contributed by atoms with Gasteiger partial charge in [0.2, 0.25) is 0 Å². The second kappa shape index (κ2) is 8.25. The molecule has 1 heterocycles. The molecule has 0 radical (unpaired) electrons. The average molecular weight is 316 g/mol. The summed E-state index contributed by atoms with van der Waals surface area (Å²) >= 11 is 8.23. The zero-order valence-electron chi connectivity index (χ0n) is 12.0. The van der Waals surface area contributed by atoms with Gasteiger partial charge < -0.3 is 14.8 Å². The molecule has 1 aliphatic heterocycles. The maximum atomic E-state index is 6.35. The van der Waals surface area contributed by atoms with Gasteiger partial charge in [-0.2, -0.15) is 0 Å². The lowest BCUT2D eigenvalue weighted by Gasteiger charge is -2.17. The van der Waals surface area contributed by atoms with Crippen molar-refractivity contribution in [2.45, 2.75) is 36.1 Å². The van der Waals surface area contributed by atoms with Gasteiger partial charge in [0, 0.05) is 42.0 Å². The molecule has 2 atom stereocenters. The van der Waals surface area contributed by atoms with Crippen LogP contribution in [0.25, 0.3) is 0 Å². The molecule has 0 saturated carbocycles. The van der Waals surface area contributed by atoms with Crippen LogP contribution in [0.3, 0.4) is 0 Å². The Morgan fingerprint density at radius 1 is 1.50 bits per heavy atom. The zero-order chi connectivity index (χ0) is 14.4. The minimum atomic E-state index is 0.313. The summed E-state index contributed by atoms with van der Waals surface area (Å²) in [5.74, 6) is 0. The molecule has 0 aliphatic carbocycles. The van der Waals surface area contributed by atoms with E-state index in [9.17, 15) is 0 Å². The van der Waals surface area contributed by atoms with Crippen LogP contribution in [0, 0.1) is 0 Å². The Bertz CT molecular complexity index is 430. The smallest absolute Gasteiger partial charge is 0.0669 e. The van der Waals surface area contributed by atoms with Crippen LogP contribution in [0.1, 0.15) is 18.9 Å². The van der Waals surface area contributed by atoms with Gasteiger partial charge in [0.15, 0.2) is 0 Å². The van der Waals surface area contributed by atoms with Gasteiger partial charge in [0.25, 0.3) is 0 Å². The van der Waals surface area contributed by atoms with Crippen molar-refractivity contribution in [1.82, 2.24) is 5.32 Å². The number of hydrogen-bond donors (Lipinski definition) is 1. The largest absolute Gasteiger partial charge is 0.383 e. The van der Waals surface area contributed by atoms with Crippen LogP contribution in [0.5, 0.6) is 0 Å². The second-order valence-corrected chi connectivity index (χ2v) is 6.60. The van der Waals surface area contributed by atoms with Crippen molar-refractivity contribution in [2.24, 2.45) is 0 Å². The summed E-state index contributed by atoms with van der Waals surface area (Å²) in [5, 5.41) is 4.71. The summed E-state index contributed by atoms with van der Waals surface area (Å²) in [4.78, 5) is 1.25. The molecular formula is C15H22ClNO2S. The molecule has 0 bridgehead atoms. The molecule has 112 valence electrons. The van der Waals surface area contributed by atoms with Gasteiger partial charge in [-0.1, -0.05) is 17.7 Å². The Kier molecular flexibility index (Phi) is 6.65. The quantitative estimate of drug-likeness (QED) is 0.782. The topological polar surface area (TPSA) is 30.5 Å². The van der Waals surface area contributed by atoms with Gasteiger partial charge in [-0.25, -0.2) is 0 Å². The number of nitrogens with one attached hydrogen (secondary N) is 1. The lowest BCUT2D eigenvalue weighted by molar-refractivity contribution is 0.127. The molecule has 20 heavy (non-hydrogen) atoms. The molecule has 1 saturated heterocycles. The van der Waals surface area contributed by atoms with Crippen LogP contribution in [-0.2, 0) is 16.0 Å².